The summed E-state index contributed by atoms with van der Waals surface area (Å²) in [5.41, 5.74) is 2.80. The summed E-state index contributed by atoms with van der Waals surface area (Å²) in [6, 6.07) is 6.05. The summed E-state index contributed by atoms with van der Waals surface area (Å²) in [7, 11) is 1.56. The summed E-state index contributed by atoms with van der Waals surface area (Å²) >= 11 is 1.72. The molecular weight excluding hydrogens is 526 g/mol. The highest BCUT2D eigenvalue weighted by Crippen LogP contribution is 2.45. The summed E-state index contributed by atoms with van der Waals surface area (Å²) in [6.07, 6.45) is 9.31. The second-order valence-corrected chi connectivity index (χ2v) is 11.3. The summed E-state index contributed by atoms with van der Waals surface area (Å²) in [5, 5.41) is 13.0. The lowest BCUT2D eigenvalue weighted by Gasteiger charge is -2.20. The number of fused-ring (bicyclic) bond motifs is 1. The quantitative estimate of drug-likeness (QED) is 0.291. The molecule has 204 valence electrons. The van der Waals surface area contributed by atoms with E-state index in [9.17, 15) is 10.1 Å². The molecule has 0 saturated heterocycles. The molecule has 12 heteroatoms. The second-order valence-electron chi connectivity index (χ2n) is 9.96. The molecule has 11 nitrogen and oxygen atoms in total. The minimum Gasteiger partial charge on any atom is -0.480 e. The Balaban J connectivity index is 1.44. The predicted octanol–water partition coefficient (Wildman–Crippen LogP) is 4.51. The number of methoxy groups -OCH3 is 1. The monoisotopic (exact) mass is 555 g/mol. The average Bonchev–Trinajstić information content (AvgIpc) is 3.73. The fourth-order valence-electron chi connectivity index (χ4n) is 5.30. The number of nitrogens with zero attached hydrogens (tertiary/aromatic N) is 8. The Kier molecular flexibility index (Phi) is 7.30. The third kappa shape index (κ3) is 4.97. The van der Waals surface area contributed by atoms with Crippen LogP contribution in [0.5, 0.6) is 5.88 Å². The lowest BCUT2D eigenvalue weighted by atomic mass is 10.1. The maximum absolute atomic E-state index is 13.9. The largest absolute Gasteiger partial charge is 0.480 e. The average molecular weight is 556 g/mol. The van der Waals surface area contributed by atoms with Gasteiger partial charge in [-0.15, -0.1) is 11.8 Å². The van der Waals surface area contributed by atoms with Crippen LogP contribution in [0.4, 0.5) is 5.82 Å². The number of aromatic nitrogens is 7. The van der Waals surface area contributed by atoms with Crippen molar-refractivity contribution in [2.75, 3.05) is 18.2 Å². The lowest BCUT2D eigenvalue weighted by molar-refractivity contribution is 0.397. The Bertz CT molecular complexity index is 1650. The van der Waals surface area contributed by atoms with E-state index < -0.39 is 0 Å². The lowest BCUT2D eigenvalue weighted by Crippen LogP contribution is -2.31. The molecule has 2 saturated carbocycles. The number of nitrogens with one attached hydrogen (secondary N) is 1. The van der Waals surface area contributed by atoms with Crippen molar-refractivity contribution in [1.29, 1.82) is 5.26 Å². The van der Waals surface area contributed by atoms with Gasteiger partial charge in [0.15, 0.2) is 17.3 Å². The first-order valence-corrected chi connectivity index (χ1v) is 14.5. The number of hydrogen-bond acceptors (Lipinski definition) is 11. The van der Waals surface area contributed by atoms with E-state index in [4.69, 9.17) is 9.72 Å². The van der Waals surface area contributed by atoms with Crippen LogP contribution < -0.4 is 15.6 Å². The molecule has 2 aliphatic rings. The fourth-order valence-corrected chi connectivity index (χ4v) is 5.92. The van der Waals surface area contributed by atoms with Gasteiger partial charge in [-0.05, 0) is 50.0 Å². The van der Waals surface area contributed by atoms with Crippen molar-refractivity contribution in [3.8, 4) is 23.3 Å². The van der Waals surface area contributed by atoms with Gasteiger partial charge in [-0.2, -0.15) is 5.26 Å². The number of ether oxygens (including phenoxy) is 1. The smallest absolute Gasteiger partial charge is 0.295 e. The van der Waals surface area contributed by atoms with Gasteiger partial charge in [0.2, 0.25) is 5.88 Å². The molecule has 0 bridgehead atoms. The summed E-state index contributed by atoms with van der Waals surface area (Å²) < 4.78 is 7.19. The van der Waals surface area contributed by atoms with Crippen molar-refractivity contribution in [3.05, 3.63) is 52.6 Å². The van der Waals surface area contributed by atoms with Crippen LogP contribution in [0.3, 0.4) is 0 Å². The van der Waals surface area contributed by atoms with E-state index in [-0.39, 0.29) is 23.3 Å². The molecule has 0 unspecified atom stereocenters. The molecule has 0 amide bonds. The Morgan fingerprint density at radius 1 is 1.12 bits per heavy atom. The maximum atomic E-state index is 13.9. The molecule has 4 heterocycles. The van der Waals surface area contributed by atoms with E-state index in [0.717, 1.165) is 47.7 Å². The number of anilines is 1. The minimum atomic E-state index is -0.318. The molecule has 0 aliphatic heterocycles. The van der Waals surface area contributed by atoms with Gasteiger partial charge in [0.05, 0.1) is 49.3 Å². The molecule has 4 aromatic heterocycles. The highest BCUT2D eigenvalue weighted by Gasteiger charge is 2.34. The van der Waals surface area contributed by atoms with E-state index in [0.29, 0.717) is 47.3 Å². The highest BCUT2D eigenvalue weighted by molar-refractivity contribution is 7.99. The van der Waals surface area contributed by atoms with Crippen molar-refractivity contribution in [2.24, 2.45) is 5.92 Å². The summed E-state index contributed by atoms with van der Waals surface area (Å²) in [4.78, 5) is 42.5. The van der Waals surface area contributed by atoms with Gasteiger partial charge in [0, 0.05) is 17.0 Å². The summed E-state index contributed by atoms with van der Waals surface area (Å²) in [6.45, 7) is 2.43. The van der Waals surface area contributed by atoms with Crippen molar-refractivity contribution < 1.29 is 4.74 Å². The summed E-state index contributed by atoms with van der Waals surface area (Å²) in [5.74, 6) is 1.93. The zero-order valence-corrected chi connectivity index (χ0v) is 23.2. The van der Waals surface area contributed by atoms with Gasteiger partial charge >= 0.3 is 0 Å². The highest BCUT2D eigenvalue weighted by atomic mass is 32.2. The van der Waals surface area contributed by atoms with Gasteiger partial charge in [-0.1, -0.05) is 6.92 Å². The fraction of sp³-hybridized carbons (Fsp3) is 0.429. The van der Waals surface area contributed by atoms with E-state index >= 15 is 0 Å². The molecule has 2 atom stereocenters. The normalized spacial score (nSPS) is 18.5. The van der Waals surface area contributed by atoms with Crippen LogP contribution in [0.1, 0.15) is 62.4 Å². The molecule has 0 spiro atoms. The van der Waals surface area contributed by atoms with E-state index in [1.165, 1.54) is 6.33 Å². The van der Waals surface area contributed by atoms with Crippen LogP contribution >= 0.6 is 11.8 Å². The molecule has 6 rings (SSSR count). The van der Waals surface area contributed by atoms with E-state index in [1.54, 1.807) is 29.6 Å². The molecular formula is C28H29N9O2S. The standard InChI is InChI=1S/C28H29N9O2S/c1-3-40-19-10-9-18(30-13-19)12-31-25-28(38)37(21-6-4-5-17(21)11-29)26-20(35-25)14-32-24(36-26)22-23(16-7-8-16)33-15-34-27(22)39-2/h9-10,13-17,21H,3-8,12H2,1-2H3,(H,31,35)/t17-,21-/m0/s1. The van der Waals surface area contributed by atoms with Crippen molar-refractivity contribution >= 4 is 28.7 Å². The van der Waals surface area contributed by atoms with Crippen LogP contribution in [0, 0.1) is 17.2 Å². The van der Waals surface area contributed by atoms with Crippen LogP contribution in [-0.2, 0) is 6.54 Å². The molecule has 2 fully saturated rings. The van der Waals surface area contributed by atoms with Gasteiger partial charge in [-0.25, -0.2) is 24.9 Å². The Hall–Kier alpha value is -4.11. The second kappa shape index (κ2) is 11.2. The first-order valence-electron chi connectivity index (χ1n) is 13.5. The van der Waals surface area contributed by atoms with Crippen molar-refractivity contribution in [3.63, 3.8) is 0 Å². The van der Waals surface area contributed by atoms with Crippen molar-refractivity contribution in [2.45, 2.75) is 62.4 Å². The number of hydrogen-bond donors (Lipinski definition) is 1. The van der Waals surface area contributed by atoms with E-state index in [2.05, 4.69) is 43.2 Å². The number of rotatable bonds is 9. The molecule has 2 aliphatic carbocycles. The zero-order chi connectivity index (χ0) is 27.6. The maximum Gasteiger partial charge on any atom is 0.295 e. The number of thioether (sulfide) groups is 1. The Morgan fingerprint density at radius 2 is 2.00 bits per heavy atom. The first kappa shape index (κ1) is 26.1. The molecule has 0 aromatic carbocycles. The van der Waals surface area contributed by atoms with Crippen LogP contribution in [-0.4, -0.2) is 47.3 Å². The Labute approximate surface area is 235 Å². The van der Waals surface area contributed by atoms with Crippen LogP contribution in [0.15, 0.2) is 40.5 Å². The topological polar surface area (TPSA) is 144 Å². The number of nitriles is 1. The third-order valence-electron chi connectivity index (χ3n) is 7.38. The van der Waals surface area contributed by atoms with Gasteiger partial charge in [-0.3, -0.25) is 14.3 Å². The van der Waals surface area contributed by atoms with E-state index in [1.807, 2.05) is 18.3 Å². The predicted molar refractivity (Wildman–Crippen MR) is 151 cm³/mol. The Morgan fingerprint density at radius 3 is 2.73 bits per heavy atom. The first-order chi connectivity index (χ1) is 19.6. The van der Waals surface area contributed by atoms with Crippen LogP contribution in [0.2, 0.25) is 0 Å². The molecule has 40 heavy (non-hydrogen) atoms. The SMILES string of the molecule is CCSc1ccc(CNc2nc3cnc(-c4c(OC)ncnc4C4CC4)nc3n([C@H]3CCC[C@H]3C#N)c2=O)nc1. The van der Waals surface area contributed by atoms with Gasteiger partial charge in [0.1, 0.15) is 17.4 Å². The zero-order valence-electron chi connectivity index (χ0n) is 22.4. The van der Waals surface area contributed by atoms with Crippen molar-refractivity contribution in [1.82, 2.24) is 34.5 Å². The van der Waals surface area contributed by atoms with Gasteiger partial charge in [0.25, 0.3) is 5.56 Å². The molecule has 4 aromatic rings. The van der Waals surface area contributed by atoms with Gasteiger partial charge < -0.3 is 10.1 Å². The molecule has 1 N–H and O–H groups in total. The van der Waals surface area contributed by atoms with Crippen LogP contribution in [0.25, 0.3) is 22.6 Å². The minimum absolute atomic E-state index is 0.181. The molecule has 0 radical (unpaired) electrons. The number of pyridine rings is 1. The third-order valence-corrected chi connectivity index (χ3v) is 8.24.